The Morgan fingerprint density at radius 2 is 1.00 bits per heavy atom. The molecule has 0 atom stereocenters. The fourth-order valence-electron chi connectivity index (χ4n) is 0.742. The molecule has 0 aliphatic rings. The summed E-state index contributed by atoms with van der Waals surface area (Å²) in [6, 6.07) is 4.61. The molecule has 0 N–H and O–H groups in total. The molecule has 0 fully saturated rings. The number of carbonyl (C=O) groups is 2. The molecule has 0 aliphatic carbocycles. The molecule has 0 unspecified atom stereocenters. The molecule has 4 nitrogen and oxygen atoms in total. The molecule has 1 aromatic carbocycles. The van der Waals surface area contributed by atoms with Crippen LogP contribution >= 0.6 is 0 Å². The summed E-state index contributed by atoms with van der Waals surface area (Å²) in [6.45, 7) is 0. The van der Waals surface area contributed by atoms with E-state index in [0.717, 1.165) is 24.3 Å². The van der Waals surface area contributed by atoms with Gasteiger partial charge in [0, 0.05) is 0 Å². The summed E-state index contributed by atoms with van der Waals surface area (Å²) >= 11 is 0. The van der Waals surface area contributed by atoms with Crippen molar-refractivity contribution in [2.75, 3.05) is 0 Å². The Balaban J connectivity index is 0. The summed E-state index contributed by atoms with van der Waals surface area (Å²) in [5.41, 5.74) is -0.111. The number of rotatable bonds is 2. The van der Waals surface area contributed by atoms with Crippen LogP contribution in [0.25, 0.3) is 0 Å². The molecule has 0 bridgehead atoms. The summed E-state index contributed by atoms with van der Waals surface area (Å²) < 4.78 is 0. The van der Waals surface area contributed by atoms with Crippen molar-refractivity contribution in [2.24, 2.45) is 0 Å². The average molecular weight is 210 g/mol. The number of aromatic carboxylic acids is 2. The van der Waals surface area contributed by atoms with Crippen molar-refractivity contribution in [1.82, 2.24) is 0 Å². The molecule has 6 heteroatoms. The topological polar surface area (TPSA) is 80.3 Å². The van der Waals surface area contributed by atoms with Crippen LogP contribution in [0.15, 0.2) is 24.3 Å². The maximum absolute atomic E-state index is 10.2. The third-order valence-corrected chi connectivity index (χ3v) is 1.36. The van der Waals surface area contributed by atoms with Gasteiger partial charge in [-0.2, -0.15) is 0 Å². The van der Waals surface area contributed by atoms with Gasteiger partial charge < -0.3 is 19.8 Å². The maximum Gasteiger partial charge on any atom is 1.00 e. The van der Waals surface area contributed by atoms with E-state index in [0.29, 0.717) is 0 Å². The first-order chi connectivity index (χ1) is 5.61. The van der Waals surface area contributed by atoms with Gasteiger partial charge >= 0.3 is 59.1 Å². The van der Waals surface area contributed by atoms with Crippen molar-refractivity contribution in [3.63, 3.8) is 0 Å². The minimum absolute atomic E-state index is 0. The summed E-state index contributed by atoms with van der Waals surface area (Å²) in [4.78, 5) is 20.4. The number of carboxylic acids is 2. The zero-order valence-electron chi connectivity index (χ0n) is 7.94. The molecule has 0 aromatic heterocycles. The van der Waals surface area contributed by atoms with Gasteiger partial charge in [-0.05, 0) is 11.1 Å². The van der Waals surface area contributed by atoms with Gasteiger partial charge in [0.15, 0.2) is 0 Å². The molecule has 0 saturated heterocycles. The minimum atomic E-state index is -1.33. The van der Waals surface area contributed by atoms with Crippen molar-refractivity contribution in [2.45, 2.75) is 0 Å². The molecule has 0 spiro atoms. The normalized spacial score (nSPS) is 8.00. The molecule has 0 radical (unpaired) electrons. The van der Waals surface area contributed by atoms with Crippen molar-refractivity contribution in [3.8, 4) is 0 Å². The first kappa shape index (κ1) is 16.6. The van der Waals surface area contributed by atoms with E-state index in [1.54, 1.807) is 0 Å². The monoisotopic (exact) mass is 210 g/mol. The van der Waals surface area contributed by atoms with Crippen LogP contribution in [0.5, 0.6) is 0 Å². The Morgan fingerprint density at radius 3 is 1.14 bits per heavy atom. The van der Waals surface area contributed by atoms with Gasteiger partial charge in [0.25, 0.3) is 0 Å². The van der Waals surface area contributed by atoms with Gasteiger partial charge in [0.05, 0.1) is 11.9 Å². The predicted molar refractivity (Wildman–Crippen MR) is 35.1 cm³/mol. The largest absolute Gasteiger partial charge is 1.00 e. The summed E-state index contributed by atoms with van der Waals surface area (Å²) in [5, 5.41) is 20.4. The van der Waals surface area contributed by atoms with Crippen molar-refractivity contribution >= 4 is 11.9 Å². The van der Waals surface area contributed by atoms with Gasteiger partial charge in [-0.1, -0.05) is 24.3 Å². The second-order valence-electron chi connectivity index (χ2n) is 2.15. The molecule has 1 rings (SSSR count). The number of carbonyl (C=O) groups excluding carboxylic acids is 2. The molecule has 14 heavy (non-hydrogen) atoms. The van der Waals surface area contributed by atoms with Crippen LogP contribution in [0.3, 0.4) is 0 Å². The van der Waals surface area contributed by atoms with Crippen molar-refractivity contribution in [3.05, 3.63) is 35.4 Å². The SMILES string of the molecule is O=C([O-])c1ccc(C(=O)[O-])cc1.[Na+].[Na+]. The molecule has 1 aromatic rings. The Kier molecular flexibility index (Phi) is 8.83. The zero-order valence-corrected chi connectivity index (χ0v) is 11.9. The minimum Gasteiger partial charge on any atom is -0.545 e. The fraction of sp³-hybridized carbons (Fsp3) is 0. The molecule has 0 aliphatic heterocycles. The van der Waals surface area contributed by atoms with E-state index >= 15 is 0 Å². The van der Waals surface area contributed by atoms with Gasteiger partial charge in [0.1, 0.15) is 0 Å². The molecule has 0 amide bonds. The predicted octanol–water partition coefficient (Wildman–Crippen LogP) is -7.58. The van der Waals surface area contributed by atoms with Gasteiger partial charge in [-0.25, -0.2) is 0 Å². The number of hydrogen-bond donors (Lipinski definition) is 0. The van der Waals surface area contributed by atoms with Crippen LogP contribution in [0, 0.1) is 0 Å². The fourth-order valence-corrected chi connectivity index (χ4v) is 0.742. The third kappa shape index (κ3) is 4.59. The molecule has 0 saturated carbocycles. The van der Waals surface area contributed by atoms with Crippen LogP contribution < -0.4 is 69.3 Å². The van der Waals surface area contributed by atoms with Gasteiger partial charge in [-0.15, -0.1) is 0 Å². The van der Waals surface area contributed by atoms with Crippen molar-refractivity contribution in [1.29, 1.82) is 0 Å². The van der Waals surface area contributed by atoms with Crippen LogP contribution in [0.1, 0.15) is 20.7 Å². The Labute approximate surface area is 125 Å². The summed E-state index contributed by atoms with van der Waals surface area (Å²) in [6.07, 6.45) is 0. The van der Waals surface area contributed by atoms with Gasteiger partial charge in [0.2, 0.25) is 0 Å². The zero-order chi connectivity index (χ0) is 9.14. The average Bonchev–Trinajstić information content (AvgIpc) is 2.04. The van der Waals surface area contributed by atoms with E-state index in [1.165, 1.54) is 0 Å². The maximum atomic E-state index is 10.2. The molecule has 62 valence electrons. The number of benzene rings is 1. The van der Waals surface area contributed by atoms with Crippen LogP contribution in [-0.4, -0.2) is 11.9 Å². The Morgan fingerprint density at radius 1 is 0.786 bits per heavy atom. The summed E-state index contributed by atoms with van der Waals surface area (Å²) in [7, 11) is 0. The molecular weight excluding hydrogens is 206 g/mol. The first-order valence-corrected chi connectivity index (χ1v) is 3.14. The number of carboxylic acid groups (broad SMARTS) is 2. The number of hydrogen-bond acceptors (Lipinski definition) is 4. The smallest absolute Gasteiger partial charge is 0.545 e. The van der Waals surface area contributed by atoms with E-state index in [9.17, 15) is 19.8 Å². The second-order valence-corrected chi connectivity index (χ2v) is 2.15. The molecule has 0 heterocycles. The van der Waals surface area contributed by atoms with Crippen LogP contribution in [0.4, 0.5) is 0 Å². The van der Waals surface area contributed by atoms with Crippen LogP contribution in [0.2, 0.25) is 0 Å². The van der Waals surface area contributed by atoms with E-state index in [1.807, 2.05) is 0 Å². The van der Waals surface area contributed by atoms with Crippen LogP contribution in [-0.2, 0) is 0 Å². The Bertz CT molecular complexity index is 288. The van der Waals surface area contributed by atoms with Crippen molar-refractivity contribution < 1.29 is 78.9 Å². The van der Waals surface area contributed by atoms with E-state index in [2.05, 4.69) is 0 Å². The van der Waals surface area contributed by atoms with Gasteiger partial charge in [-0.3, -0.25) is 0 Å². The standard InChI is InChI=1S/C8H6O4.2Na/c9-7(10)5-1-2-6(4-3-5)8(11)12;;/h1-4H,(H,9,10)(H,11,12);;/q;2*+1/p-2. The Hall–Kier alpha value is 0.160. The molecular formula is C8H4Na2O4. The second kappa shape index (κ2) is 7.45. The van der Waals surface area contributed by atoms with E-state index in [-0.39, 0.29) is 70.2 Å². The van der Waals surface area contributed by atoms with E-state index < -0.39 is 11.9 Å². The third-order valence-electron chi connectivity index (χ3n) is 1.36. The quantitative estimate of drug-likeness (QED) is 0.454. The van der Waals surface area contributed by atoms with E-state index in [4.69, 9.17) is 0 Å². The first-order valence-electron chi connectivity index (χ1n) is 3.14. The summed E-state index contributed by atoms with van der Waals surface area (Å²) in [5.74, 6) is -2.67.